The van der Waals surface area contributed by atoms with Gasteiger partial charge in [-0.1, -0.05) is 103 Å². The van der Waals surface area contributed by atoms with Crippen molar-refractivity contribution in [3.63, 3.8) is 0 Å². The minimum Gasteiger partial charge on any atom is -0.308 e. The van der Waals surface area contributed by atoms with E-state index in [9.17, 15) is 0 Å². The summed E-state index contributed by atoms with van der Waals surface area (Å²) in [7, 11) is 0. The summed E-state index contributed by atoms with van der Waals surface area (Å²) >= 11 is 0. The maximum absolute atomic E-state index is 5.37. The minimum atomic E-state index is 0.765. The van der Waals surface area contributed by atoms with Crippen LogP contribution in [-0.2, 0) is 0 Å². The van der Waals surface area contributed by atoms with Crippen LogP contribution in [0.15, 0.2) is 152 Å². The molecule has 0 bridgehead atoms. The number of hydrogen-bond donors (Lipinski definition) is 0. The molecule has 0 radical (unpaired) electrons. The van der Waals surface area contributed by atoms with Gasteiger partial charge in [0.2, 0.25) is 0 Å². The molecule has 5 heterocycles. The zero-order valence-corrected chi connectivity index (χ0v) is 25.7. The van der Waals surface area contributed by atoms with Gasteiger partial charge in [-0.3, -0.25) is 4.57 Å². The lowest BCUT2D eigenvalue weighted by molar-refractivity contribution is 1.08. The largest absolute Gasteiger partial charge is 0.308 e. The number of aromatic nitrogens is 5. The highest BCUT2D eigenvalue weighted by Crippen LogP contribution is 2.45. The molecule has 5 aromatic heterocycles. The predicted molar refractivity (Wildman–Crippen MR) is 197 cm³/mol. The number of pyridine rings is 1. The molecule has 0 saturated heterocycles. The second kappa shape index (κ2) is 9.47. The Morgan fingerprint density at radius 1 is 0.375 bits per heavy atom. The summed E-state index contributed by atoms with van der Waals surface area (Å²) in [6.45, 7) is 0. The van der Waals surface area contributed by atoms with Crippen LogP contribution < -0.4 is 0 Å². The third kappa shape index (κ3) is 3.37. The van der Waals surface area contributed by atoms with E-state index in [4.69, 9.17) is 15.0 Å². The summed E-state index contributed by atoms with van der Waals surface area (Å²) in [6, 6.07) is 53.3. The Hall–Kier alpha value is -6.59. The normalized spacial score (nSPS) is 12.2. The van der Waals surface area contributed by atoms with Gasteiger partial charge in [0, 0.05) is 32.5 Å². The monoisotopic (exact) mass is 611 g/mol. The second-order valence-electron chi connectivity index (χ2n) is 12.4. The molecule has 11 aromatic rings. The molecule has 5 nitrogen and oxygen atoms in total. The van der Waals surface area contributed by atoms with E-state index in [1.54, 1.807) is 0 Å². The Morgan fingerprint density at radius 2 is 0.979 bits per heavy atom. The van der Waals surface area contributed by atoms with Gasteiger partial charge in [-0.25, -0.2) is 15.0 Å². The van der Waals surface area contributed by atoms with Crippen molar-refractivity contribution in [2.45, 2.75) is 0 Å². The zero-order chi connectivity index (χ0) is 31.3. The molecular weight excluding hydrogens is 587 g/mol. The third-order valence-electron chi connectivity index (χ3n) is 9.85. The fourth-order valence-corrected chi connectivity index (χ4v) is 7.87. The maximum Gasteiger partial charge on any atom is 0.138 e. The molecule has 0 fully saturated rings. The first-order valence-corrected chi connectivity index (χ1v) is 16.2. The molecule has 0 spiro atoms. The van der Waals surface area contributed by atoms with Crippen LogP contribution in [0.4, 0.5) is 0 Å². The molecule has 11 rings (SSSR count). The van der Waals surface area contributed by atoms with Gasteiger partial charge in [0.15, 0.2) is 0 Å². The number of fused-ring (bicyclic) bond motifs is 7. The van der Waals surface area contributed by atoms with Crippen LogP contribution in [0.5, 0.6) is 0 Å². The van der Waals surface area contributed by atoms with Crippen LogP contribution in [0, 0.1) is 0 Å². The molecule has 5 heteroatoms. The summed E-state index contributed by atoms with van der Waals surface area (Å²) in [5.41, 5.74) is 11.0. The van der Waals surface area contributed by atoms with E-state index < -0.39 is 0 Å². The molecule has 0 aliphatic carbocycles. The van der Waals surface area contributed by atoms with Crippen molar-refractivity contribution in [1.82, 2.24) is 23.9 Å². The topological polar surface area (TPSA) is 48.0 Å². The number of hydrogen-bond acceptors (Lipinski definition) is 3. The van der Waals surface area contributed by atoms with E-state index in [2.05, 4.69) is 112 Å². The predicted octanol–water partition coefficient (Wildman–Crippen LogP) is 10.6. The van der Waals surface area contributed by atoms with E-state index in [1.807, 2.05) is 48.5 Å². The third-order valence-corrected chi connectivity index (χ3v) is 9.85. The van der Waals surface area contributed by atoms with Crippen LogP contribution in [-0.4, -0.2) is 23.9 Å². The van der Waals surface area contributed by atoms with Gasteiger partial charge in [-0.15, -0.1) is 0 Å². The summed E-state index contributed by atoms with van der Waals surface area (Å²) in [5, 5.41) is 7.46. The van der Waals surface area contributed by atoms with Crippen LogP contribution in [0.25, 0.3) is 99.4 Å². The van der Waals surface area contributed by atoms with Gasteiger partial charge in [-0.2, -0.15) is 0 Å². The van der Waals surface area contributed by atoms with Gasteiger partial charge < -0.3 is 4.40 Å². The van der Waals surface area contributed by atoms with E-state index in [-0.39, 0.29) is 0 Å². The van der Waals surface area contributed by atoms with Crippen LogP contribution in [0.2, 0.25) is 0 Å². The lowest BCUT2D eigenvalue weighted by atomic mass is 10.0. The van der Waals surface area contributed by atoms with E-state index in [1.165, 1.54) is 48.9 Å². The van der Waals surface area contributed by atoms with Crippen molar-refractivity contribution in [1.29, 1.82) is 0 Å². The van der Waals surface area contributed by atoms with Crippen molar-refractivity contribution < 1.29 is 0 Å². The summed E-state index contributed by atoms with van der Waals surface area (Å²) in [4.78, 5) is 15.6. The standard InChI is InChI=1S/C43H25N5/c1-2-12-26(13-3-1)41-42(46-32-18-7-6-17-31(32)45-41)33-19-11-23-38(44-33)47-36-22-10-16-29-27-14-4-8-20-34(27)48-35-21-9-5-15-28(35)30-24-25-37(47)40(39(29)36)43(30)48/h1-25H. The van der Waals surface area contributed by atoms with Crippen LogP contribution >= 0.6 is 0 Å². The first-order chi connectivity index (χ1) is 23.8. The molecule has 0 N–H and O–H groups in total. The minimum absolute atomic E-state index is 0.765. The smallest absolute Gasteiger partial charge is 0.138 e. The first kappa shape index (κ1) is 25.6. The number of nitrogens with zero attached hydrogens (tertiary/aromatic N) is 5. The van der Waals surface area contributed by atoms with Crippen molar-refractivity contribution in [3.8, 4) is 28.5 Å². The van der Waals surface area contributed by atoms with Crippen LogP contribution in [0.3, 0.4) is 0 Å². The van der Waals surface area contributed by atoms with Gasteiger partial charge >= 0.3 is 0 Å². The molecule has 0 aliphatic rings. The summed E-state index contributed by atoms with van der Waals surface area (Å²) < 4.78 is 4.79. The Balaban J connectivity index is 1.26. The van der Waals surface area contributed by atoms with Gasteiger partial charge in [0.1, 0.15) is 11.5 Å². The Bertz CT molecular complexity index is 3060. The van der Waals surface area contributed by atoms with Crippen molar-refractivity contribution >= 4 is 70.9 Å². The average Bonchev–Trinajstić information content (AvgIpc) is 3.63. The Morgan fingerprint density at radius 3 is 1.77 bits per heavy atom. The first-order valence-electron chi connectivity index (χ1n) is 16.2. The number of benzene rings is 6. The van der Waals surface area contributed by atoms with E-state index in [0.717, 1.165) is 50.5 Å². The van der Waals surface area contributed by atoms with Crippen LogP contribution in [0.1, 0.15) is 0 Å². The van der Waals surface area contributed by atoms with Gasteiger partial charge in [0.25, 0.3) is 0 Å². The number of para-hydroxylation sites is 4. The highest BCUT2D eigenvalue weighted by molar-refractivity contribution is 6.33. The number of rotatable bonds is 3. The Labute approximate surface area is 274 Å². The van der Waals surface area contributed by atoms with Crippen molar-refractivity contribution in [2.24, 2.45) is 0 Å². The molecule has 0 unspecified atom stereocenters. The molecule has 6 aromatic carbocycles. The van der Waals surface area contributed by atoms with Gasteiger partial charge in [0.05, 0.1) is 50.0 Å². The molecule has 48 heavy (non-hydrogen) atoms. The molecule has 222 valence electrons. The highest BCUT2D eigenvalue weighted by atomic mass is 15.1. The molecule has 0 amide bonds. The molecule has 0 saturated carbocycles. The fourth-order valence-electron chi connectivity index (χ4n) is 7.87. The van der Waals surface area contributed by atoms with E-state index in [0.29, 0.717) is 0 Å². The molecule has 0 aliphatic heterocycles. The lowest BCUT2D eigenvalue weighted by Gasteiger charge is -2.12. The maximum atomic E-state index is 5.37. The van der Waals surface area contributed by atoms with Crippen molar-refractivity contribution in [2.75, 3.05) is 0 Å². The quantitative estimate of drug-likeness (QED) is 0.200. The summed E-state index contributed by atoms with van der Waals surface area (Å²) in [5.74, 6) is 0.842. The highest BCUT2D eigenvalue weighted by Gasteiger charge is 2.23. The lowest BCUT2D eigenvalue weighted by Crippen LogP contribution is -2.01. The molecular formula is C43H25N5. The average molecular weight is 612 g/mol. The SMILES string of the molecule is c1ccc(-c2nc3ccccc3nc2-c2cccc(-n3c4cccc5c6ccccc6n6c7ccccc7c7ccc3c(c54)c76)n2)cc1. The van der Waals surface area contributed by atoms with Gasteiger partial charge in [-0.05, 0) is 53.9 Å². The summed E-state index contributed by atoms with van der Waals surface area (Å²) in [6.07, 6.45) is 0. The van der Waals surface area contributed by atoms with E-state index >= 15 is 0 Å². The molecule has 0 atom stereocenters. The second-order valence-corrected chi connectivity index (χ2v) is 12.4. The Kier molecular flexibility index (Phi) is 5.05. The fraction of sp³-hybridized carbons (Fsp3) is 0. The van der Waals surface area contributed by atoms with Crippen molar-refractivity contribution in [3.05, 3.63) is 152 Å². The zero-order valence-electron chi connectivity index (χ0n) is 25.7.